The van der Waals surface area contributed by atoms with Crippen molar-refractivity contribution >= 4 is 11.6 Å². The minimum absolute atomic E-state index is 0.0148. The van der Waals surface area contributed by atoms with Crippen LogP contribution in [0.15, 0.2) is 36.7 Å². The van der Waals surface area contributed by atoms with Gasteiger partial charge in [-0.2, -0.15) is 0 Å². The van der Waals surface area contributed by atoms with E-state index in [1.807, 2.05) is 36.2 Å². The van der Waals surface area contributed by atoms with Gasteiger partial charge in [-0.25, -0.2) is 9.37 Å². The highest BCUT2D eigenvalue weighted by atomic mass is 19.1. The number of pyridine rings is 1. The van der Waals surface area contributed by atoms with Crippen molar-refractivity contribution in [1.29, 1.82) is 0 Å². The van der Waals surface area contributed by atoms with Crippen LogP contribution < -0.4 is 4.90 Å². The lowest BCUT2D eigenvalue weighted by atomic mass is 9.89. The van der Waals surface area contributed by atoms with E-state index >= 15 is 0 Å². The molecule has 2 aromatic rings. The summed E-state index contributed by atoms with van der Waals surface area (Å²) in [5, 5.41) is 0. The summed E-state index contributed by atoms with van der Waals surface area (Å²) in [6.45, 7) is 3.46. The maximum Gasteiger partial charge on any atom is 0.248 e. The molecule has 0 radical (unpaired) electrons. The molecule has 0 saturated carbocycles. The average Bonchev–Trinajstić information content (AvgIpc) is 3.32. The van der Waals surface area contributed by atoms with Gasteiger partial charge in [0.05, 0.1) is 11.4 Å². The fourth-order valence-electron chi connectivity index (χ4n) is 4.23. The smallest absolute Gasteiger partial charge is 0.248 e. The first-order valence-corrected chi connectivity index (χ1v) is 9.03. The van der Waals surface area contributed by atoms with Crippen molar-refractivity contribution in [2.75, 3.05) is 44.4 Å². The number of aromatic nitrogens is 2. The van der Waals surface area contributed by atoms with E-state index in [1.165, 1.54) is 0 Å². The highest BCUT2D eigenvalue weighted by Crippen LogP contribution is 2.46. The molecule has 1 fully saturated rings. The third kappa shape index (κ3) is 2.49. The van der Waals surface area contributed by atoms with E-state index in [0.717, 1.165) is 23.6 Å². The molecule has 0 N–H and O–H groups in total. The highest BCUT2D eigenvalue weighted by molar-refractivity contribution is 5.78. The number of likely N-dealkylation sites (tertiary alicyclic amines) is 1. The van der Waals surface area contributed by atoms with Gasteiger partial charge in [0, 0.05) is 38.6 Å². The lowest BCUT2D eigenvalue weighted by Gasteiger charge is -2.46. The molecule has 2 aromatic heterocycles. The van der Waals surface area contributed by atoms with Crippen LogP contribution in [0.4, 0.5) is 10.1 Å². The second-order valence-corrected chi connectivity index (χ2v) is 6.68. The number of ether oxygens (including phenoxy) is 1. The zero-order chi connectivity index (χ0) is 18.1. The Morgan fingerprint density at radius 3 is 3.08 bits per heavy atom. The number of rotatable bonds is 5. The van der Waals surface area contributed by atoms with E-state index < -0.39 is 12.2 Å². The summed E-state index contributed by atoms with van der Waals surface area (Å²) in [4.78, 5) is 20.9. The number of carbonyl (C=O) groups excluding carboxylic acids is 1. The minimum atomic E-state index is -0.455. The molecule has 1 spiro atoms. The van der Waals surface area contributed by atoms with E-state index in [4.69, 9.17) is 4.74 Å². The van der Waals surface area contributed by atoms with Crippen molar-refractivity contribution in [1.82, 2.24) is 14.5 Å². The number of amides is 1. The monoisotopic (exact) mass is 358 g/mol. The van der Waals surface area contributed by atoms with Crippen LogP contribution in [0.1, 0.15) is 19.0 Å². The Morgan fingerprint density at radius 2 is 2.27 bits per heavy atom. The fourth-order valence-corrected chi connectivity index (χ4v) is 4.23. The summed E-state index contributed by atoms with van der Waals surface area (Å²) in [6, 6.07) is 7.89. The van der Waals surface area contributed by atoms with Crippen LogP contribution in [-0.4, -0.2) is 59.9 Å². The van der Waals surface area contributed by atoms with Gasteiger partial charge in [0.1, 0.15) is 18.8 Å². The van der Waals surface area contributed by atoms with Gasteiger partial charge in [0.2, 0.25) is 5.91 Å². The Morgan fingerprint density at radius 1 is 1.38 bits per heavy atom. The molecule has 2 aliphatic heterocycles. The van der Waals surface area contributed by atoms with Crippen LogP contribution in [-0.2, 0) is 15.1 Å². The highest BCUT2D eigenvalue weighted by Gasteiger charge is 2.50. The van der Waals surface area contributed by atoms with Crippen LogP contribution in [0, 0.1) is 0 Å². The molecule has 0 bridgehead atoms. The molecular formula is C19H23FN4O2. The van der Waals surface area contributed by atoms with Gasteiger partial charge >= 0.3 is 0 Å². The second-order valence-electron chi connectivity index (χ2n) is 6.68. The van der Waals surface area contributed by atoms with Gasteiger partial charge in [-0.3, -0.25) is 4.79 Å². The summed E-state index contributed by atoms with van der Waals surface area (Å²) in [5.41, 5.74) is 1.53. The lowest BCUT2D eigenvalue weighted by Crippen LogP contribution is -2.53. The van der Waals surface area contributed by atoms with Crippen molar-refractivity contribution < 1.29 is 13.9 Å². The largest absolute Gasteiger partial charge is 0.372 e. The lowest BCUT2D eigenvalue weighted by molar-refractivity contribution is -0.135. The van der Waals surface area contributed by atoms with Gasteiger partial charge in [-0.15, -0.1) is 0 Å². The number of hydrogen-bond donors (Lipinski definition) is 0. The van der Waals surface area contributed by atoms with Crippen molar-refractivity contribution in [3.8, 4) is 5.82 Å². The number of carbonyl (C=O) groups is 1. The van der Waals surface area contributed by atoms with E-state index in [2.05, 4.69) is 20.5 Å². The van der Waals surface area contributed by atoms with Crippen LogP contribution in [0.5, 0.6) is 0 Å². The first-order valence-electron chi connectivity index (χ1n) is 9.03. The zero-order valence-corrected chi connectivity index (χ0v) is 14.9. The van der Waals surface area contributed by atoms with Gasteiger partial charge in [0.15, 0.2) is 5.82 Å². The molecule has 7 heteroatoms. The predicted molar refractivity (Wildman–Crippen MR) is 96.3 cm³/mol. The SMILES string of the molecule is CCOCC(=O)N1CCC2(C1)c1cccn1-c1ncccc1N2CCF. The van der Waals surface area contributed by atoms with E-state index in [1.54, 1.807) is 6.20 Å². The third-order valence-electron chi connectivity index (χ3n) is 5.37. The maximum absolute atomic E-state index is 13.5. The van der Waals surface area contributed by atoms with Crippen LogP contribution in [0.25, 0.3) is 5.82 Å². The number of anilines is 1. The number of nitrogens with zero attached hydrogens (tertiary/aromatic N) is 4. The Balaban J connectivity index is 1.75. The normalized spacial score (nSPS) is 21.2. The molecule has 1 amide bonds. The molecule has 2 aliphatic rings. The maximum atomic E-state index is 13.5. The van der Waals surface area contributed by atoms with Crippen molar-refractivity contribution in [2.24, 2.45) is 0 Å². The molecule has 1 unspecified atom stereocenters. The van der Waals surface area contributed by atoms with E-state index in [9.17, 15) is 9.18 Å². The van der Waals surface area contributed by atoms with Crippen LogP contribution in [0.2, 0.25) is 0 Å². The fraction of sp³-hybridized carbons (Fsp3) is 0.474. The summed E-state index contributed by atoms with van der Waals surface area (Å²) < 4.78 is 20.8. The Hall–Kier alpha value is -2.41. The second kappa shape index (κ2) is 6.72. The van der Waals surface area contributed by atoms with Gasteiger partial charge in [-0.05, 0) is 37.6 Å². The standard InChI is InChI=1S/C19H23FN4O2/c1-2-26-13-17(25)22-11-7-19(14-22)16-6-4-10-23(16)18-15(5-3-9-21-18)24(19)12-8-20/h3-6,9-10H,2,7-8,11-14H2,1H3. The molecule has 26 heavy (non-hydrogen) atoms. The number of halogens is 1. The predicted octanol–water partition coefficient (Wildman–Crippen LogP) is 2.13. The molecule has 4 rings (SSSR count). The summed E-state index contributed by atoms with van der Waals surface area (Å²) >= 11 is 0. The Bertz CT molecular complexity index is 808. The Labute approximate surface area is 152 Å². The number of fused-ring (bicyclic) bond motifs is 4. The molecule has 1 saturated heterocycles. The quantitative estimate of drug-likeness (QED) is 0.822. The molecule has 138 valence electrons. The minimum Gasteiger partial charge on any atom is -0.372 e. The van der Waals surface area contributed by atoms with Crippen LogP contribution >= 0.6 is 0 Å². The number of alkyl halides is 1. The molecule has 0 aromatic carbocycles. The zero-order valence-electron chi connectivity index (χ0n) is 14.9. The van der Waals surface area contributed by atoms with Gasteiger partial charge in [-0.1, -0.05) is 0 Å². The van der Waals surface area contributed by atoms with E-state index in [-0.39, 0.29) is 19.1 Å². The first-order chi connectivity index (χ1) is 12.7. The summed E-state index contributed by atoms with van der Waals surface area (Å²) in [5.74, 6) is 0.796. The average molecular weight is 358 g/mol. The topological polar surface area (TPSA) is 50.6 Å². The molecule has 4 heterocycles. The molecular weight excluding hydrogens is 335 g/mol. The van der Waals surface area contributed by atoms with Gasteiger partial charge in [0.25, 0.3) is 0 Å². The third-order valence-corrected chi connectivity index (χ3v) is 5.37. The van der Waals surface area contributed by atoms with Gasteiger partial charge < -0.3 is 19.1 Å². The molecule has 1 atom stereocenters. The van der Waals surface area contributed by atoms with Crippen LogP contribution in [0.3, 0.4) is 0 Å². The molecule has 6 nitrogen and oxygen atoms in total. The summed E-state index contributed by atoms with van der Waals surface area (Å²) in [6.07, 6.45) is 4.49. The van der Waals surface area contributed by atoms with Crippen molar-refractivity contribution in [2.45, 2.75) is 18.9 Å². The molecule has 0 aliphatic carbocycles. The van der Waals surface area contributed by atoms with Crippen molar-refractivity contribution in [3.05, 3.63) is 42.4 Å². The van der Waals surface area contributed by atoms with E-state index in [0.29, 0.717) is 19.7 Å². The Kier molecular flexibility index (Phi) is 4.40. The first kappa shape index (κ1) is 17.0. The number of hydrogen-bond acceptors (Lipinski definition) is 4. The van der Waals surface area contributed by atoms with Crippen molar-refractivity contribution in [3.63, 3.8) is 0 Å². The summed E-state index contributed by atoms with van der Waals surface area (Å²) in [7, 11) is 0.